The number of pyridine rings is 1. The van der Waals surface area contributed by atoms with Crippen LogP contribution in [0.5, 0.6) is 0 Å². The zero-order chi connectivity index (χ0) is 13.4. The number of nitrogens with zero attached hydrogens (tertiary/aromatic N) is 1. The van der Waals surface area contributed by atoms with Gasteiger partial charge in [0.2, 0.25) is 0 Å². The van der Waals surface area contributed by atoms with Gasteiger partial charge in [-0.2, -0.15) is 0 Å². The molecule has 0 spiro atoms. The lowest BCUT2D eigenvalue weighted by atomic mass is 10.2. The summed E-state index contributed by atoms with van der Waals surface area (Å²) in [7, 11) is 1.37. The SMILES string of the molecule is CCNCCCNc1ccc(C(=O)OC)c(C)n1. The van der Waals surface area contributed by atoms with Crippen LogP contribution in [-0.2, 0) is 4.74 Å². The Morgan fingerprint density at radius 2 is 2.17 bits per heavy atom. The Hall–Kier alpha value is -1.62. The van der Waals surface area contributed by atoms with Gasteiger partial charge in [-0.25, -0.2) is 9.78 Å². The van der Waals surface area contributed by atoms with E-state index in [1.165, 1.54) is 7.11 Å². The number of aromatic nitrogens is 1. The van der Waals surface area contributed by atoms with E-state index in [0.29, 0.717) is 11.3 Å². The van der Waals surface area contributed by atoms with Crippen LogP contribution in [0, 0.1) is 6.92 Å². The topological polar surface area (TPSA) is 63.2 Å². The first-order valence-corrected chi connectivity index (χ1v) is 6.19. The third kappa shape index (κ3) is 4.33. The van der Waals surface area contributed by atoms with Crippen molar-refractivity contribution in [3.63, 3.8) is 0 Å². The Labute approximate surface area is 108 Å². The summed E-state index contributed by atoms with van der Waals surface area (Å²) in [5, 5.41) is 6.48. The summed E-state index contributed by atoms with van der Waals surface area (Å²) in [4.78, 5) is 15.7. The van der Waals surface area contributed by atoms with E-state index < -0.39 is 0 Å². The Kier molecular flexibility index (Phi) is 6.14. The number of carbonyl (C=O) groups is 1. The number of carbonyl (C=O) groups excluding carboxylic acids is 1. The lowest BCUT2D eigenvalue weighted by Crippen LogP contribution is -2.17. The average molecular weight is 251 g/mol. The number of methoxy groups -OCH3 is 1. The number of hydrogen-bond acceptors (Lipinski definition) is 5. The van der Waals surface area contributed by atoms with E-state index in [4.69, 9.17) is 0 Å². The summed E-state index contributed by atoms with van der Waals surface area (Å²) in [5.74, 6) is 0.440. The smallest absolute Gasteiger partial charge is 0.339 e. The van der Waals surface area contributed by atoms with Crippen molar-refractivity contribution in [3.05, 3.63) is 23.4 Å². The van der Waals surface area contributed by atoms with Crippen molar-refractivity contribution >= 4 is 11.8 Å². The normalized spacial score (nSPS) is 10.2. The molecule has 0 atom stereocenters. The maximum Gasteiger partial charge on any atom is 0.339 e. The second-order valence-electron chi connectivity index (χ2n) is 3.95. The molecule has 2 N–H and O–H groups in total. The molecule has 0 aromatic carbocycles. The van der Waals surface area contributed by atoms with Crippen molar-refractivity contribution < 1.29 is 9.53 Å². The fourth-order valence-corrected chi connectivity index (χ4v) is 1.59. The van der Waals surface area contributed by atoms with Gasteiger partial charge >= 0.3 is 5.97 Å². The maximum atomic E-state index is 11.4. The van der Waals surface area contributed by atoms with Gasteiger partial charge in [0, 0.05) is 6.54 Å². The molecule has 1 aromatic rings. The van der Waals surface area contributed by atoms with Gasteiger partial charge < -0.3 is 15.4 Å². The van der Waals surface area contributed by atoms with Gasteiger partial charge in [-0.1, -0.05) is 6.92 Å². The maximum absolute atomic E-state index is 11.4. The van der Waals surface area contributed by atoms with Crippen LogP contribution in [0.3, 0.4) is 0 Å². The van der Waals surface area contributed by atoms with Crippen LogP contribution in [0.15, 0.2) is 12.1 Å². The second-order valence-corrected chi connectivity index (χ2v) is 3.95. The van der Waals surface area contributed by atoms with Gasteiger partial charge in [0.1, 0.15) is 5.82 Å². The number of aryl methyl sites for hydroxylation is 1. The van der Waals surface area contributed by atoms with Crippen LogP contribution in [0.4, 0.5) is 5.82 Å². The lowest BCUT2D eigenvalue weighted by molar-refractivity contribution is 0.0599. The quantitative estimate of drug-likeness (QED) is 0.569. The lowest BCUT2D eigenvalue weighted by Gasteiger charge is -2.08. The molecule has 0 radical (unpaired) electrons. The molecule has 1 heterocycles. The molecule has 18 heavy (non-hydrogen) atoms. The molecular weight excluding hydrogens is 230 g/mol. The molecule has 100 valence electrons. The highest BCUT2D eigenvalue weighted by Gasteiger charge is 2.10. The van der Waals surface area contributed by atoms with Crippen LogP contribution in [0.25, 0.3) is 0 Å². The number of anilines is 1. The molecule has 5 heteroatoms. The Morgan fingerprint density at radius 1 is 1.39 bits per heavy atom. The molecule has 0 amide bonds. The molecular formula is C13H21N3O2. The number of esters is 1. The minimum absolute atomic E-state index is 0.348. The number of rotatable bonds is 7. The standard InChI is InChI=1S/C13H21N3O2/c1-4-14-8-5-9-15-12-7-6-11(10(2)16-12)13(17)18-3/h6-7,14H,4-5,8-9H2,1-3H3,(H,15,16). The summed E-state index contributed by atoms with van der Waals surface area (Å²) in [6.07, 6.45) is 1.04. The summed E-state index contributed by atoms with van der Waals surface area (Å²) < 4.78 is 4.67. The Morgan fingerprint density at radius 3 is 2.78 bits per heavy atom. The highest BCUT2D eigenvalue weighted by atomic mass is 16.5. The number of nitrogens with one attached hydrogen (secondary N) is 2. The van der Waals surface area contributed by atoms with E-state index >= 15 is 0 Å². The van der Waals surface area contributed by atoms with E-state index in [1.807, 2.05) is 0 Å². The summed E-state index contributed by atoms with van der Waals surface area (Å²) in [5.41, 5.74) is 1.19. The van der Waals surface area contributed by atoms with Crippen molar-refractivity contribution in [2.24, 2.45) is 0 Å². The summed E-state index contributed by atoms with van der Waals surface area (Å²) in [6.45, 7) is 6.73. The molecule has 0 fully saturated rings. The van der Waals surface area contributed by atoms with Crippen molar-refractivity contribution in [2.75, 3.05) is 32.1 Å². The first-order chi connectivity index (χ1) is 8.69. The highest BCUT2D eigenvalue weighted by Crippen LogP contribution is 2.11. The average Bonchev–Trinajstić information content (AvgIpc) is 2.38. The summed E-state index contributed by atoms with van der Waals surface area (Å²) in [6, 6.07) is 3.54. The van der Waals surface area contributed by atoms with Gasteiger partial charge in [-0.3, -0.25) is 0 Å². The largest absolute Gasteiger partial charge is 0.465 e. The zero-order valence-electron chi connectivity index (χ0n) is 11.2. The van der Waals surface area contributed by atoms with E-state index in [9.17, 15) is 4.79 Å². The first kappa shape index (κ1) is 14.4. The molecule has 0 saturated heterocycles. The third-order valence-electron chi connectivity index (χ3n) is 2.58. The van der Waals surface area contributed by atoms with E-state index in [-0.39, 0.29) is 5.97 Å². The van der Waals surface area contributed by atoms with E-state index in [0.717, 1.165) is 31.9 Å². The van der Waals surface area contributed by atoms with Gasteiger partial charge in [0.25, 0.3) is 0 Å². The minimum Gasteiger partial charge on any atom is -0.465 e. The molecule has 1 aromatic heterocycles. The monoisotopic (exact) mass is 251 g/mol. The molecule has 0 aliphatic carbocycles. The van der Waals surface area contributed by atoms with Crippen LogP contribution >= 0.6 is 0 Å². The van der Waals surface area contributed by atoms with Crippen molar-refractivity contribution in [1.82, 2.24) is 10.3 Å². The van der Waals surface area contributed by atoms with Gasteiger partial charge in [0.15, 0.2) is 0 Å². The van der Waals surface area contributed by atoms with Crippen LogP contribution in [0.1, 0.15) is 29.4 Å². The van der Waals surface area contributed by atoms with Crippen LogP contribution < -0.4 is 10.6 Å². The highest BCUT2D eigenvalue weighted by molar-refractivity contribution is 5.90. The van der Waals surface area contributed by atoms with E-state index in [2.05, 4.69) is 27.3 Å². The predicted molar refractivity (Wildman–Crippen MR) is 72.0 cm³/mol. The second kappa shape index (κ2) is 7.66. The molecule has 5 nitrogen and oxygen atoms in total. The molecule has 0 bridgehead atoms. The van der Waals surface area contributed by atoms with Gasteiger partial charge in [0.05, 0.1) is 18.4 Å². The zero-order valence-corrected chi connectivity index (χ0v) is 11.2. The first-order valence-electron chi connectivity index (χ1n) is 6.19. The van der Waals surface area contributed by atoms with E-state index in [1.54, 1.807) is 19.1 Å². The van der Waals surface area contributed by atoms with Crippen molar-refractivity contribution in [1.29, 1.82) is 0 Å². The number of hydrogen-bond donors (Lipinski definition) is 2. The summed E-state index contributed by atoms with van der Waals surface area (Å²) >= 11 is 0. The molecule has 1 rings (SSSR count). The number of ether oxygens (including phenoxy) is 1. The van der Waals surface area contributed by atoms with Gasteiger partial charge in [-0.15, -0.1) is 0 Å². The minimum atomic E-state index is -0.348. The molecule has 0 unspecified atom stereocenters. The van der Waals surface area contributed by atoms with Crippen molar-refractivity contribution in [2.45, 2.75) is 20.3 Å². The fraction of sp³-hybridized carbons (Fsp3) is 0.538. The molecule has 0 saturated carbocycles. The molecule has 0 aliphatic rings. The Balaban J connectivity index is 2.49. The van der Waals surface area contributed by atoms with Crippen LogP contribution in [0.2, 0.25) is 0 Å². The Bertz CT molecular complexity index is 394. The predicted octanol–water partition coefficient (Wildman–Crippen LogP) is 1.59. The van der Waals surface area contributed by atoms with Crippen molar-refractivity contribution in [3.8, 4) is 0 Å². The fourth-order valence-electron chi connectivity index (χ4n) is 1.59. The third-order valence-corrected chi connectivity index (χ3v) is 2.58. The molecule has 0 aliphatic heterocycles. The van der Waals surface area contributed by atoms with Gasteiger partial charge in [-0.05, 0) is 38.6 Å². The van der Waals surface area contributed by atoms with Crippen LogP contribution in [-0.4, -0.2) is 37.7 Å².